The van der Waals surface area contributed by atoms with Crippen molar-refractivity contribution in [3.63, 3.8) is 0 Å². The Kier molecular flexibility index (Phi) is 3.95. The molecule has 0 radical (unpaired) electrons. The van der Waals surface area contributed by atoms with Gasteiger partial charge in [0, 0.05) is 36.8 Å². The molecule has 0 atom stereocenters. The molecular formula is C18H18BrN3O3S2. The fourth-order valence-corrected chi connectivity index (χ4v) is 8.15. The van der Waals surface area contributed by atoms with Crippen molar-refractivity contribution in [3.05, 3.63) is 45.2 Å². The number of hydrogen-bond donors (Lipinski definition) is 2. The number of halogens is 1. The van der Waals surface area contributed by atoms with Crippen LogP contribution in [0.4, 0.5) is 5.69 Å². The summed E-state index contributed by atoms with van der Waals surface area (Å²) in [5, 5.41) is 6.11. The van der Waals surface area contributed by atoms with Crippen molar-refractivity contribution in [1.82, 2.24) is 10.6 Å². The molecule has 1 saturated carbocycles. The standard InChI is InChI=1S/C18H18BrN3O3S2/c19-15-4-5-16(26-15)27(24,25)22(11-6-18(7-11)9-20-10-18)14-3-1-2-12-13(14)8-21-17(12)23/h1-5,11,20H,6-10H2,(H,21,23). The molecule has 1 spiro atoms. The molecular weight excluding hydrogens is 450 g/mol. The second kappa shape index (κ2) is 6.04. The first kappa shape index (κ1) is 17.7. The molecule has 3 heterocycles. The molecule has 2 aliphatic heterocycles. The van der Waals surface area contributed by atoms with Gasteiger partial charge in [0.05, 0.1) is 9.47 Å². The van der Waals surface area contributed by atoms with Crippen molar-refractivity contribution in [2.75, 3.05) is 17.4 Å². The van der Waals surface area contributed by atoms with Gasteiger partial charge >= 0.3 is 0 Å². The maximum absolute atomic E-state index is 13.6. The molecule has 2 fully saturated rings. The van der Waals surface area contributed by atoms with Crippen LogP contribution in [0.2, 0.25) is 0 Å². The van der Waals surface area contributed by atoms with E-state index >= 15 is 0 Å². The van der Waals surface area contributed by atoms with Crippen LogP contribution in [0.3, 0.4) is 0 Å². The summed E-state index contributed by atoms with van der Waals surface area (Å²) in [4.78, 5) is 12.1. The Morgan fingerprint density at radius 2 is 1.96 bits per heavy atom. The van der Waals surface area contributed by atoms with Crippen LogP contribution in [-0.2, 0) is 16.6 Å². The summed E-state index contributed by atoms with van der Waals surface area (Å²) in [5.41, 5.74) is 2.21. The van der Waals surface area contributed by atoms with Crippen LogP contribution in [0.5, 0.6) is 0 Å². The van der Waals surface area contributed by atoms with E-state index in [0.29, 0.717) is 22.0 Å². The minimum Gasteiger partial charge on any atom is -0.348 e. The Hall–Kier alpha value is -1.42. The van der Waals surface area contributed by atoms with Crippen LogP contribution in [0.25, 0.3) is 0 Å². The van der Waals surface area contributed by atoms with Gasteiger partial charge in [-0.05, 0) is 58.5 Å². The van der Waals surface area contributed by atoms with Gasteiger partial charge in [-0.2, -0.15) is 0 Å². The largest absolute Gasteiger partial charge is 0.348 e. The van der Waals surface area contributed by atoms with Crippen molar-refractivity contribution < 1.29 is 13.2 Å². The number of carbonyl (C=O) groups is 1. The lowest BCUT2D eigenvalue weighted by molar-refractivity contribution is 0.0413. The number of anilines is 1. The highest BCUT2D eigenvalue weighted by Gasteiger charge is 2.53. The first-order valence-corrected chi connectivity index (χ1v) is 11.9. The van der Waals surface area contributed by atoms with Crippen molar-refractivity contribution in [1.29, 1.82) is 0 Å². The van der Waals surface area contributed by atoms with Crippen LogP contribution < -0.4 is 14.9 Å². The van der Waals surface area contributed by atoms with E-state index in [0.717, 1.165) is 35.3 Å². The molecule has 2 N–H and O–H groups in total. The summed E-state index contributed by atoms with van der Waals surface area (Å²) in [6.07, 6.45) is 1.69. The molecule has 1 aromatic carbocycles. The second-order valence-corrected chi connectivity index (χ2v) is 12.0. The van der Waals surface area contributed by atoms with Gasteiger partial charge in [-0.3, -0.25) is 9.10 Å². The van der Waals surface area contributed by atoms with Gasteiger partial charge in [-0.15, -0.1) is 11.3 Å². The number of hydrogen-bond acceptors (Lipinski definition) is 5. The zero-order valence-electron chi connectivity index (χ0n) is 14.4. The number of carbonyl (C=O) groups excluding carboxylic acids is 1. The normalized spacial score (nSPS) is 20.7. The lowest BCUT2D eigenvalue weighted by atomic mass is 9.61. The number of amides is 1. The quantitative estimate of drug-likeness (QED) is 0.724. The summed E-state index contributed by atoms with van der Waals surface area (Å²) in [5.74, 6) is -0.142. The third-order valence-electron chi connectivity index (χ3n) is 5.79. The minimum absolute atomic E-state index is 0.0832. The van der Waals surface area contributed by atoms with Crippen molar-refractivity contribution in [2.45, 2.75) is 29.6 Å². The van der Waals surface area contributed by atoms with E-state index in [4.69, 9.17) is 0 Å². The molecule has 2 aromatic rings. The maximum atomic E-state index is 13.6. The van der Waals surface area contributed by atoms with Crippen molar-refractivity contribution in [2.24, 2.45) is 5.41 Å². The third kappa shape index (κ3) is 2.66. The first-order valence-electron chi connectivity index (χ1n) is 8.80. The SMILES string of the molecule is O=C1NCc2c1cccc2N(C1CC2(CNC2)C1)S(=O)(=O)c1ccc(Br)s1. The molecule has 1 aromatic heterocycles. The third-order valence-corrected chi connectivity index (χ3v) is 9.75. The van der Waals surface area contributed by atoms with Gasteiger partial charge in [0.15, 0.2) is 0 Å². The van der Waals surface area contributed by atoms with E-state index in [-0.39, 0.29) is 17.4 Å². The second-order valence-electron chi connectivity index (χ2n) is 7.51. The number of fused-ring (bicyclic) bond motifs is 1. The molecule has 0 bridgehead atoms. The molecule has 27 heavy (non-hydrogen) atoms. The predicted octanol–water partition coefficient (Wildman–Crippen LogP) is 2.70. The number of benzene rings is 1. The van der Waals surface area contributed by atoms with Crippen molar-refractivity contribution in [3.8, 4) is 0 Å². The zero-order valence-corrected chi connectivity index (χ0v) is 17.6. The van der Waals surface area contributed by atoms with Crippen LogP contribution in [0, 0.1) is 5.41 Å². The molecule has 142 valence electrons. The summed E-state index contributed by atoms with van der Waals surface area (Å²) in [7, 11) is -3.70. The Bertz CT molecular complexity index is 1040. The Balaban J connectivity index is 1.61. The van der Waals surface area contributed by atoms with Crippen LogP contribution in [0.15, 0.2) is 38.3 Å². The summed E-state index contributed by atoms with van der Waals surface area (Å²) < 4.78 is 29.8. The highest BCUT2D eigenvalue weighted by atomic mass is 79.9. The Morgan fingerprint density at radius 1 is 1.19 bits per heavy atom. The average molecular weight is 468 g/mol. The molecule has 1 aliphatic carbocycles. The van der Waals surface area contributed by atoms with Gasteiger partial charge in [-0.1, -0.05) is 6.07 Å². The van der Waals surface area contributed by atoms with E-state index in [2.05, 4.69) is 26.6 Å². The highest BCUT2D eigenvalue weighted by Crippen LogP contribution is 2.50. The lowest BCUT2D eigenvalue weighted by Crippen LogP contribution is -2.66. The molecule has 6 nitrogen and oxygen atoms in total. The zero-order chi connectivity index (χ0) is 18.8. The van der Waals surface area contributed by atoms with Crippen LogP contribution in [-0.4, -0.2) is 33.5 Å². The molecule has 1 amide bonds. The van der Waals surface area contributed by atoms with E-state index in [1.807, 2.05) is 6.07 Å². The summed E-state index contributed by atoms with van der Waals surface area (Å²) in [6, 6.07) is 8.66. The number of rotatable bonds is 4. The van der Waals surface area contributed by atoms with Gasteiger partial charge in [0.1, 0.15) is 4.21 Å². The predicted molar refractivity (Wildman–Crippen MR) is 108 cm³/mol. The fourth-order valence-electron chi connectivity index (χ4n) is 4.37. The van der Waals surface area contributed by atoms with Gasteiger partial charge < -0.3 is 10.6 Å². The number of sulfonamides is 1. The van der Waals surface area contributed by atoms with Crippen LogP contribution >= 0.6 is 27.3 Å². The van der Waals surface area contributed by atoms with Crippen LogP contribution in [0.1, 0.15) is 28.8 Å². The molecule has 0 unspecified atom stereocenters. The maximum Gasteiger partial charge on any atom is 0.274 e. The number of nitrogens with one attached hydrogen (secondary N) is 2. The smallest absolute Gasteiger partial charge is 0.274 e. The van der Waals surface area contributed by atoms with Gasteiger partial charge in [-0.25, -0.2) is 8.42 Å². The summed E-state index contributed by atoms with van der Waals surface area (Å²) >= 11 is 4.58. The first-order chi connectivity index (χ1) is 12.9. The topological polar surface area (TPSA) is 78.5 Å². The van der Waals surface area contributed by atoms with Gasteiger partial charge in [0.2, 0.25) is 0 Å². The minimum atomic E-state index is -3.70. The van der Waals surface area contributed by atoms with Gasteiger partial charge in [0.25, 0.3) is 15.9 Å². The van der Waals surface area contributed by atoms with Crippen molar-refractivity contribution >= 4 is 48.9 Å². The van der Waals surface area contributed by atoms with E-state index in [1.54, 1.807) is 28.6 Å². The average Bonchev–Trinajstić information content (AvgIpc) is 3.15. The summed E-state index contributed by atoms with van der Waals surface area (Å²) in [6.45, 7) is 2.27. The lowest BCUT2D eigenvalue weighted by Gasteiger charge is -2.57. The molecule has 3 aliphatic rings. The Morgan fingerprint density at radius 3 is 2.59 bits per heavy atom. The Labute approximate surface area is 170 Å². The van der Waals surface area contributed by atoms with E-state index in [9.17, 15) is 13.2 Å². The molecule has 5 rings (SSSR count). The molecule has 1 saturated heterocycles. The fraction of sp³-hybridized carbons (Fsp3) is 0.389. The highest BCUT2D eigenvalue weighted by molar-refractivity contribution is 9.11. The molecule has 9 heteroatoms. The number of thiophene rings is 1. The monoisotopic (exact) mass is 467 g/mol. The van der Waals surface area contributed by atoms with E-state index < -0.39 is 10.0 Å². The number of nitrogens with zero attached hydrogens (tertiary/aromatic N) is 1. The van der Waals surface area contributed by atoms with E-state index in [1.165, 1.54) is 11.3 Å².